The van der Waals surface area contributed by atoms with E-state index in [0.29, 0.717) is 12.0 Å². The molecular formula is C15H25FN2. The lowest BCUT2D eigenvalue weighted by atomic mass is 9.92. The van der Waals surface area contributed by atoms with Gasteiger partial charge in [-0.25, -0.2) is 4.39 Å². The molecule has 3 heteroatoms. The van der Waals surface area contributed by atoms with E-state index in [9.17, 15) is 4.39 Å². The number of nitrogens with zero attached hydrogens (tertiary/aromatic N) is 1. The van der Waals surface area contributed by atoms with Crippen molar-refractivity contribution >= 4 is 0 Å². The number of nitrogens with one attached hydrogen (secondary N) is 1. The van der Waals surface area contributed by atoms with E-state index in [1.165, 1.54) is 25.1 Å². The van der Waals surface area contributed by atoms with E-state index in [2.05, 4.69) is 38.0 Å². The van der Waals surface area contributed by atoms with Crippen LogP contribution in [0, 0.1) is 11.7 Å². The normalized spacial score (nSPS) is 13.3. The van der Waals surface area contributed by atoms with Gasteiger partial charge in [0, 0.05) is 12.1 Å². The molecule has 0 amide bonds. The van der Waals surface area contributed by atoms with Crippen molar-refractivity contribution in [2.75, 3.05) is 0 Å². The van der Waals surface area contributed by atoms with Gasteiger partial charge in [-0.1, -0.05) is 40.5 Å². The quantitative estimate of drug-likeness (QED) is 0.790. The topological polar surface area (TPSA) is 24.9 Å². The molecule has 0 aromatic carbocycles. The first-order chi connectivity index (χ1) is 8.56. The molecule has 0 radical (unpaired) electrons. The summed E-state index contributed by atoms with van der Waals surface area (Å²) in [5.74, 6) is 0.415. The van der Waals surface area contributed by atoms with Crippen molar-refractivity contribution < 1.29 is 4.39 Å². The molecule has 2 nitrogen and oxygen atoms in total. The largest absolute Gasteiger partial charge is 0.306 e. The Labute approximate surface area is 110 Å². The molecule has 1 unspecified atom stereocenters. The van der Waals surface area contributed by atoms with Gasteiger partial charge in [0.2, 0.25) is 0 Å². The van der Waals surface area contributed by atoms with Gasteiger partial charge in [-0.2, -0.15) is 0 Å². The van der Waals surface area contributed by atoms with Crippen LogP contribution in [-0.2, 0) is 0 Å². The van der Waals surface area contributed by atoms with Crippen molar-refractivity contribution in [2.24, 2.45) is 5.92 Å². The molecule has 1 N–H and O–H groups in total. The SMILES string of the molecule is CCC(CC)CC(NC(C)C)c1ccc(F)cn1. The van der Waals surface area contributed by atoms with E-state index in [1.807, 2.05) is 0 Å². The Hall–Kier alpha value is -0.960. The van der Waals surface area contributed by atoms with Crippen LogP contribution in [0.25, 0.3) is 0 Å². The van der Waals surface area contributed by atoms with Crippen LogP contribution in [0.2, 0.25) is 0 Å². The predicted octanol–water partition coefficient (Wildman–Crippen LogP) is 4.09. The molecule has 0 bridgehead atoms. The lowest BCUT2D eigenvalue weighted by molar-refractivity contribution is 0.349. The Morgan fingerprint density at radius 2 is 1.89 bits per heavy atom. The minimum atomic E-state index is -0.274. The van der Waals surface area contributed by atoms with Gasteiger partial charge >= 0.3 is 0 Å². The van der Waals surface area contributed by atoms with Crippen molar-refractivity contribution in [1.82, 2.24) is 10.3 Å². The Morgan fingerprint density at radius 1 is 1.22 bits per heavy atom. The highest BCUT2D eigenvalue weighted by molar-refractivity contribution is 5.10. The summed E-state index contributed by atoms with van der Waals surface area (Å²) >= 11 is 0. The van der Waals surface area contributed by atoms with Gasteiger partial charge in [-0.15, -0.1) is 0 Å². The number of aromatic nitrogens is 1. The fourth-order valence-electron chi connectivity index (χ4n) is 2.23. The first kappa shape index (κ1) is 15.1. The van der Waals surface area contributed by atoms with Crippen molar-refractivity contribution in [3.63, 3.8) is 0 Å². The Balaban J connectivity index is 2.80. The first-order valence-corrected chi connectivity index (χ1v) is 6.94. The third-order valence-corrected chi connectivity index (χ3v) is 3.37. The molecule has 0 saturated carbocycles. The number of rotatable bonds is 7. The maximum Gasteiger partial charge on any atom is 0.141 e. The minimum Gasteiger partial charge on any atom is -0.306 e. The van der Waals surface area contributed by atoms with Crippen molar-refractivity contribution in [3.05, 3.63) is 29.8 Å². The predicted molar refractivity (Wildman–Crippen MR) is 73.9 cm³/mol. The lowest BCUT2D eigenvalue weighted by Crippen LogP contribution is -2.30. The van der Waals surface area contributed by atoms with Gasteiger partial charge in [0.25, 0.3) is 0 Å². The summed E-state index contributed by atoms with van der Waals surface area (Å²) in [6.45, 7) is 8.70. The second-order valence-corrected chi connectivity index (χ2v) is 5.19. The summed E-state index contributed by atoms with van der Waals surface area (Å²) in [5.41, 5.74) is 0.942. The van der Waals surface area contributed by atoms with Gasteiger partial charge in [0.1, 0.15) is 5.82 Å². The Bertz CT molecular complexity index is 331. The fourth-order valence-corrected chi connectivity index (χ4v) is 2.23. The van der Waals surface area contributed by atoms with Gasteiger partial charge < -0.3 is 5.32 Å². The summed E-state index contributed by atoms with van der Waals surface area (Å²) in [6, 6.07) is 3.90. The zero-order chi connectivity index (χ0) is 13.5. The van der Waals surface area contributed by atoms with E-state index in [1.54, 1.807) is 6.07 Å². The molecule has 0 fully saturated rings. The zero-order valence-corrected chi connectivity index (χ0v) is 11.9. The van der Waals surface area contributed by atoms with Crippen LogP contribution in [0.1, 0.15) is 58.7 Å². The maximum absolute atomic E-state index is 12.9. The zero-order valence-electron chi connectivity index (χ0n) is 11.9. The fraction of sp³-hybridized carbons (Fsp3) is 0.667. The highest BCUT2D eigenvalue weighted by Crippen LogP contribution is 2.24. The van der Waals surface area contributed by atoms with Crippen LogP contribution >= 0.6 is 0 Å². The summed E-state index contributed by atoms with van der Waals surface area (Å²) in [5, 5.41) is 3.53. The van der Waals surface area contributed by atoms with Crippen LogP contribution in [0.5, 0.6) is 0 Å². The third-order valence-electron chi connectivity index (χ3n) is 3.37. The van der Waals surface area contributed by atoms with E-state index < -0.39 is 0 Å². The van der Waals surface area contributed by atoms with E-state index in [0.717, 1.165) is 12.1 Å². The molecule has 0 aliphatic rings. The molecular weight excluding hydrogens is 227 g/mol. The molecule has 0 aliphatic carbocycles. The van der Waals surface area contributed by atoms with Gasteiger partial charge in [0.05, 0.1) is 11.9 Å². The first-order valence-electron chi connectivity index (χ1n) is 6.94. The molecule has 1 rings (SSSR count). The van der Waals surface area contributed by atoms with E-state index in [-0.39, 0.29) is 11.9 Å². The summed E-state index contributed by atoms with van der Waals surface area (Å²) in [6.07, 6.45) is 4.71. The molecule has 1 atom stereocenters. The van der Waals surface area contributed by atoms with Crippen LogP contribution < -0.4 is 5.32 Å². The van der Waals surface area contributed by atoms with Crippen LogP contribution in [0.4, 0.5) is 4.39 Å². The van der Waals surface area contributed by atoms with Crippen molar-refractivity contribution in [1.29, 1.82) is 0 Å². The van der Waals surface area contributed by atoms with Crippen LogP contribution in [-0.4, -0.2) is 11.0 Å². The van der Waals surface area contributed by atoms with Gasteiger partial charge in [-0.3, -0.25) is 4.98 Å². The summed E-state index contributed by atoms with van der Waals surface area (Å²) in [4.78, 5) is 4.22. The Morgan fingerprint density at radius 3 is 2.33 bits per heavy atom. The third kappa shape index (κ3) is 4.73. The highest BCUT2D eigenvalue weighted by atomic mass is 19.1. The Kier molecular flexibility index (Phi) is 6.27. The summed E-state index contributed by atoms with van der Waals surface area (Å²) < 4.78 is 12.9. The molecule has 1 aromatic heterocycles. The van der Waals surface area contributed by atoms with Crippen molar-refractivity contribution in [3.8, 4) is 0 Å². The number of hydrogen-bond acceptors (Lipinski definition) is 2. The monoisotopic (exact) mass is 252 g/mol. The van der Waals surface area contributed by atoms with E-state index in [4.69, 9.17) is 0 Å². The van der Waals surface area contributed by atoms with Crippen LogP contribution in [0.3, 0.4) is 0 Å². The number of pyridine rings is 1. The molecule has 0 saturated heterocycles. The number of halogens is 1. The second-order valence-electron chi connectivity index (χ2n) is 5.19. The average molecular weight is 252 g/mol. The molecule has 1 heterocycles. The smallest absolute Gasteiger partial charge is 0.141 e. The maximum atomic E-state index is 12.9. The highest BCUT2D eigenvalue weighted by Gasteiger charge is 2.18. The summed E-state index contributed by atoms with van der Waals surface area (Å²) in [7, 11) is 0. The molecule has 102 valence electrons. The van der Waals surface area contributed by atoms with Crippen molar-refractivity contribution in [2.45, 2.75) is 59.0 Å². The second kappa shape index (κ2) is 7.47. The van der Waals surface area contributed by atoms with E-state index >= 15 is 0 Å². The standard InChI is InChI=1S/C15H25FN2/c1-5-12(6-2)9-15(18-11(3)4)14-8-7-13(16)10-17-14/h7-8,10-12,15,18H,5-6,9H2,1-4H3. The van der Waals surface area contributed by atoms with Gasteiger partial charge in [0.15, 0.2) is 0 Å². The molecule has 1 aromatic rings. The lowest BCUT2D eigenvalue weighted by Gasteiger charge is -2.24. The average Bonchev–Trinajstić information content (AvgIpc) is 2.35. The number of hydrogen-bond donors (Lipinski definition) is 1. The molecule has 0 spiro atoms. The van der Waals surface area contributed by atoms with Gasteiger partial charge in [-0.05, 0) is 24.5 Å². The molecule has 0 aliphatic heterocycles. The molecule has 18 heavy (non-hydrogen) atoms. The van der Waals surface area contributed by atoms with Crippen LogP contribution in [0.15, 0.2) is 18.3 Å². The minimum absolute atomic E-state index is 0.218.